The van der Waals surface area contributed by atoms with Gasteiger partial charge in [0.1, 0.15) is 0 Å². The van der Waals surface area contributed by atoms with Crippen LogP contribution < -0.4 is 5.32 Å². The Kier molecular flexibility index (Phi) is 4.68. The summed E-state index contributed by atoms with van der Waals surface area (Å²) in [6.45, 7) is 4.84. The standard InChI is InChI=1S/C15H25N3O2/c1-2-16-13-7-5-11(6-8-13)15-17-14(18-20-15)12-4-3-9-19-10-12/h11-13,16H,2-10H2,1H3. The zero-order chi connectivity index (χ0) is 13.8. The van der Waals surface area contributed by atoms with E-state index in [9.17, 15) is 0 Å². The molecular formula is C15H25N3O2. The van der Waals surface area contributed by atoms with E-state index in [-0.39, 0.29) is 0 Å². The van der Waals surface area contributed by atoms with Crippen LogP contribution in [-0.2, 0) is 4.74 Å². The molecule has 0 radical (unpaired) electrons. The first-order chi connectivity index (χ1) is 9.86. The summed E-state index contributed by atoms with van der Waals surface area (Å²) in [5.74, 6) is 2.49. The number of ether oxygens (including phenoxy) is 1. The maximum absolute atomic E-state index is 5.52. The van der Waals surface area contributed by atoms with Crippen molar-refractivity contribution in [1.29, 1.82) is 0 Å². The van der Waals surface area contributed by atoms with E-state index in [4.69, 9.17) is 9.26 Å². The number of rotatable bonds is 4. The van der Waals surface area contributed by atoms with Gasteiger partial charge in [0.2, 0.25) is 5.89 Å². The van der Waals surface area contributed by atoms with Crippen LogP contribution in [0.4, 0.5) is 0 Å². The molecule has 0 amide bonds. The second-order valence-corrected chi connectivity index (χ2v) is 6.01. The lowest BCUT2D eigenvalue weighted by atomic mass is 9.86. The lowest BCUT2D eigenvalue weighted by Crippen LogP contribution is -2.32. The topological polar surface area (TPSA) is 60.2 Å². The molecule has 1 aromatic rings. The zero-order valence-corrected chi connectivity index (χ0v) is 12.3. The normalized spacial score (nSPS) is 31.4. The van der Waals surface area contributed by atoms with Crippen molar-refractivity contribution in [1.82, 2.24) is 15.5 Å². The minimum absolute atomic E-state index is 0.333. The van der Waals surface area contributed by atoms with Gasteiger partial charge in [0, 0.05) is 24.5 Å². The summed E-state index contributed by atoms with van der Waals surface area (Å²) in [6, 6.07) is 0.672. The molecule has 5 nitrogen and oxygen atoms in total. The van der Waals surface area contributed by atoms with Crippen molar-refractivity contribution >= 4 is 0 Å². The van der Waals surface area contributed by atoms with E-state index in [1.807, 2.05) is 0 Å². The van der Waals surface area contributed by atoms with Gasteiger partial charge in [-0.15, -0.1) is 0 Å². The molecule has 0 bridgehead atoms. The molecule has 1 aliphatic carbocycles. The Labute approximate surface area is 120 Å². The Morgan fingerprint density at radius 2 is 2.00 bits per heavy atom. The summed E-state index contributed by atoms with van der Waals surface area (Å²) >= 11 is 0. The lowest BCUT2D eigenvalue weighted by Gasteiger charge is -2.26. The van der Waals surface area contributed by atoms with Crippen LogP contribution in [0.1, 0.15) is 69.0 Å². The van der Waals surface area contributed by atoms with E-state index in [0.29, 0.717) is 17.9 Å². The summed E-state index contributed by atoms with van der Waals surface area (Å²) in [5.41, 5.74) is 0. The predicted octanol–water partition coefficient (Wildman–Crippen LogP) is 2.60. The third-order valence-electron chi connectivity index (χ3n) is 4.55. The smallest absolute Gasteiger partial charge is 0.229 e. The van der Waals surface area contributed by atoms with Gasteiger partial charge in [-0.1, -0.05) is 12.1 Å². The summed E-state index contributed by atoms with van der Waals surface area (Å²) in [5, 5.41) is 7.72. The van der Waals surface area contributed by atoms with E-state index in [1.54, 1.807) is 0 Å². The largest absolute Gasteiger partial charge is 0.381 e. The Morgan fingerprint density at radius 3 is 2.70 bits per heavy atom. The molecular weight excluding hydrogens is 254 g/mol. The van der Waals surface area contributed by atoms with Crippen LogP contribution in [0.2, 0.25) is 0 Å². The van der Waals surface area contributed by atoms with E-state index >= 15 is 0 Å². The van der Waals surface area contributed by atoms with Crippen LogP contribution >= 0.6 is 0 Å². The molecule has 20 heavy (non-hydrogen) atoms. The Morgan fingerprint density at radius 1 is 1.15 bits per heavy atom. The quantitative estimate of drug-likeness (QED) is 0.918. The van der Waals surface area contributed by atoms with Crippen LogP contribution in [-0.4, -0.2) is 35.9 Å². The fraction of sp³-hybridized carbons (Fsp3) is 0.867. The van der Waals surface area contributed by atoms with Gasteiger partial charge in [-0.05, 0) is 45.1 Å². The first kappa shape index (κ1) is 14.0. The molecule has 1 atom stereocenters. The molecule has 2 fully saturated rings. The van der Waals surface area contributed by atoms with Crippen molar-refractivity contribution in [2.75, 3.05) is 19.8 Å². The first-order valence-corrected chi connectivity index (χ1v) is 8.01. The highest BCUT2D eigenvalue weighted by Crippen LogP contribution is 2.33. The summed E-state index contributed by atoms with van der Waals surface area (Å²) in [4.78, 5) is 4.65. The number of aromatic nitrogens is 2. The van der Waals surface area contributed by atoms with Gasteiger partial charge in [-0.25, -0.2) is 0 Å². The van der Waals surface area contributed by atoms with Gasteiger partial charge in [-0.3, -0.25) is 0 Å². The molecule has 1 saturated heterocycles. The van der Waals surface area contributed by atoms with E-state index in [0.717, 1.165) is 57.2 Å². The molecule has 5 heteroatoms. The first-order valence-electron chi connectivity index (χ1n) is 8.01. The Bertz CT molecular complexity index is 407. The van der Waals surface area contributed by atoms with Crippen LogP contribution in [0.3, 0.4) is 0 Å². The minimum atomic E-state index is 0.333. The Hall–Kier alpha value is -0.940. The summed E-state index contributed by atoms with van der Waals surface area (Å²) in [6.07, 6.45) is 6.95. The summed E-state index contributed by atoms with van der Waals surface area (Å²) < 4.78 is 11.0. The number of nitrogens with one attached hydrogen (secondary N) is 1. The molecule has 2 heterocycles. The van der Waals surface area contributed by atoms with Crippen LogP contribution in [0, 0.1) is 0 Å². The molecule has 2 aliphatic rings. The highest BCUT2D eigenvalue weighted by molar-refractivity contribution is 5.01. The van der Waals surface area contributed by atoms with E-state index < -0.39 is 0 Å². The van der Waals surface area contributed by atoms with Gasteiger partial charge in [-0.2, -0.15) is 4.98 Å². The van der Waals surface area contributed by atoms with Crippen LogP contribution in [0.5, 0.6) is 0 Å². The predicted molar refractivity (Wildman–Crippen MR) is 75.8 cm³/mol. The second-order valence-electron chi connectivity index (χ2n) is 6.01. The van der Waals surface area contributed by atoms with E-state index in [1.165, 1.54) is 12.8 Å². The van der Waals surface area contributed by atoms with Gasteiger partial charge in [0.05, 0.1) is 6.61 Å². The van der Waals surface area contributed by atoms with Crippen molar-refractivity contribution in [2.45, 2.75) is 63.3 Å². The summed E-state index contributed by atoms with van der Waals surface area (Å²) in [7, 11) is 0. The van der Waals surface area contributed by atoms with Crippen LogP contribution in [0.25, 0.3) is 0 Å². The number of hydrogen-bond donors (Lipinski definition) is 1. The van der Waals surface area contributed by atoms with Crippen molar-refractivity contribution < 1.29 is 9.26 Å². The average Bonchev–Trinajstić information content (AvgIpc) is 2.99. The van der Waals surface area contributed by atoms with Gasteiger partial charge in [0.15, 0.2) is 5.82 Å². The molecule has 1 aliphatic heterocycles. The molecule has 3 rings (SSSR count). The molecule has 1 saturated carbocycles. The molecule has 0 spiro atoms. The molecule has 1 unspecified atom stereocenters. The van der Waals surface area contributed by atoms with Gasteiger partial charge in [0.25, 0.3) is 0 Å². The number of nitrogens with zero attached hydrogens (tertiary/aromatic N) is 2. The van der Waals surface area contributed by atoms with Gasteiger partial charge >= 0.3 is 0 Å². The van der Waals surface area contributed by atoms with E-state index in [2.05, 4.69) is 22.4 Å². The fourth-order valence-electron chi connectivity index (χ4n) is 3.36. The number of hydrogen-bond acceptors (Lipinski definition) is 5. The zero-order valence-electron chi connectivity index (χ0n) is 12.3. The van der Waals surface area contributed by atoms with Crippen molar-refractivity contribution in [3.63, 3.8) is 0 Å². The van der Waals surface area contributed by atoms with Crippen molar-refractivity contribution in [3.8, 4) is 0 Å². The third-order valence-corrected chi connectivity index (χ3v) is 4.55. The monoisotopic (exact) mass is 279 g/mol. The average molecular weight is 279 g/mol. The van der Waals surface area contributed by atoms with Crippen molar-refractivity contribution in [2.24, 2.45) is 0 Å². The third kappa shape index (κ3) is 3.20. The Balaban J connectivity index is 1.57. The highest BCUT2D eigenvalue weighted by atomic mass is 16.5. The highest BCUT2D eigenvalue weighted by Gasteiger charge is 2.28. The second kappa shape index (κ2) is 6.68. The maximum atomic E-state index is 5.52. The molecule has 1 aromatic heterocycles. The van der Waals surface area contributed by atoms with Gasteiger partial charge < -0.3 is 14.6 Å². The minimum Gasteiger partial charge on any atom is -0.381 e. The SMILES string of the molecule is CCNC1CCC(c2nc(C3CCCOC3)no2)CC1. The fourth-order valence-corrected chi connectivity index (χ4v) is 3.36. The van der Waals surface area contributed by atoms with Crippen LogP contribution in [0.15, 0.2) is 4.52 Å². The molecule has 112 valence electrons. The molecule has 1 N–H and O–H groups in total. The lowest BCUT2D eigenvalue weighted by molar-refractivity contribution is 0.0773. The maximum Gasteiger partial charge on any atom is 0.229 e. The van der Waals surface area contributed by atoms with Crippen molar-refractivity contribution in [3.05, 3.63) is 11.7 Å². The molecule has 0 aromatic carbocycles.